The van der Waals surface area contributed by atoms with Gasteiger partial charge in [-0.25, -0.2) is 0 Å². The molecule has 0 radical (unpaired) electrons. The number of nitrogens with zero attached hydrogens (tertiary/aromatic N) is 2. The summed E-state index contributed by atoms with van der Waals surface area (Å²) < 4.78 is 0. The number of anilines is 4. The van der Waals surface area contributed by atoms with E-state index in [0.717, 1.165) is 0 Å². The number of para-hydroxylation sites is 4. The molecule has 0 aromatic heterocycles. The van der Waals surface area contributed by atoms with Crippen LogP contribution in [0.4, 0.5) is 22.7 Å². The third-order valence-corrected chi connectivity index (χ3v) is 8.69. The fraction of sp³-hybridized carbons (Fsp3) is 0.150. The number of benzene rings is 4. The summed E-state index contributed by atoms with van der Waals surface area (Å²) in [7, 11) is 0. The molecule has 2 nitrogen and oxygen atoms in total. The van der Waals surface area contributed by atoms with E-state index in [9.17, 15) is 0 Å². The molecule has 43 heavy (non-hydrogen) atoms. The molecule has 2 heterocycles. The molecular weight excluding hydrogens is 687 g/mol. The Kier molecular flexibility index (Phi) is 9.66. The van der Waals surface area contributed by atoms with Gasteiger partial charge in [0.2, 0.25) is 0 Å². The summed E-state index contributed by atoms with van der Waals surface area (Å²) in [5, 5.41) is 0. The predicted octanol–water partition coefficient (Wildman–Crippen LogP) is 10.4. The van der Waals surface area contributed by atoms with Gasteiger partial charge in [0.1, 0.15) is 0 Å². The SMILES string of the molecule is CC1=C(C)C2C(=[C-]1)c1ccccc1N2c1ccccc1.CC1=C(C)C2C(=[C-]1)c1ccccc1N2c1ccccc1.[CH3-].[CH3-].[Hf+4]. The first-order valence-corrected chi connectivity index (χ1v) is 14.0. The summed E-state index contributed by atoms with van der Waals surface area (Å²) in [5.74, 6) is 0. The van der Waals surface area contributed by atoms with Crippen LogP contribution < -0.4 is 9.80 Å². The Morgan fingerprint density at radius 3 is 1.16 bits per heavy atom. The van der Waals surface area contributed by atoms with Crippen molar-refractivity contribution >= 4 is 33.9 Å². The molecule has 0 amide bonds. The molecule has 2 atom stereocenters. The molecule has 2 unspecified atom stereocenters. The minimum Gasteiger partial charge on any atom is -0.358 e. The standard InChI is InChI=1S/2C19H16N.2CH3.Hf/c2*1-13-12-17-16-10-6-7-11-18(16)20(19(17)14(13)2)15-8-4-3-5-9-15;;;/h2*3-11,19H,1-2H3;2*1H3;/q4*-1;+4. The molecular formula is C40H38HfN2. The van der Waals surface area contributed by atoms with Gasteiger partial charge in [0.15, 0.2) is 0 Å². The monoisotopic (exact) mass is 726 g/mol. The van der Waals surface area contributed by atoms with Crippen LogP contribution in [0.3, 0.4) is 0 Å². The Labute approximate surface area is 277 Å². The average molecular weight is 725 g/mol. The van der Waals surface area contributed by atoms with Crippen molar-refractivity contribution in [3.63, 3.8) is 0 Å². The molecule has 0 N–H and O–H groups in total. The van der Waals surface area contributed by atoms with Crippen LogP contribution >= 0.6 is 0 Å². The molecule has 0 saturated heterocycles. The van der Waals surface area contributed by atoms with Crippen molar-refractivity contribution in [1.29, 1.82) is 0 Å². The molecule has 212 valence electrons. The third-order valence-electron chi connectivity index (χ3n) is 8.69. The predicted molar refractivity (Wildman–Crippen MR) is 180 cm³/mol. The van der Waals surface area contributed by atoms with Crippen molar-refractivity contribution in [1.82, 2.24) is 0 Å². The molecule has 4 aromatic rings. The second-order valence-corrected chi connectivity index (χ2v) is 10.9. The molecule has 0 saturated carbocycles. The first-order chi connectivity index (χ1) is 19.5. The Balaban J connectivity index is 0.000000184. The van der Waals surface area contributed by atoms with E-state index in [4.69, 9.17) is 0 Å². The smallest absolute Gasteiger partial charge is 0.358 e. The van der Waals surface area contributed by atoms with Crippen molar-refractivity contribution in [2.45, 2.75) is 39.8 Å². The Morgan fingerprint density at radius 2 is 0.791 bits per heavy atom. The van der Waals surface area contributed by atoms with Gasteiger partial charge in [0.05, 0.1) is 0 Å². The van der Waals surface area contributed by atoms with Gasteiger partial charge in [0.25, 0.3) is 0 Å². The number of fused-ring (bicyclic) bond motifs is 6. The molecule has 2 aliphatic heterocycles. The molecule has 4 aliphatic rings. The number of hydrogen-bond acceptors (Lipinski definition) is 2. The van der Waals surface area contributed by atoms with Crippen LogP contribution in [0.5, 0.6) is 0 Å². The summed E-state index contributed by atoms with van der Waals surface area (Å²) in [6, 6.07) is 39.2. The average Bonchev–Trinajstić information content (AvgIpc) is 3.68. The first-order valence-electron chi connectivity index (χ1n) is 14.0. The van der Waals surface area contributed by atoms with Gasteiger partial charge >= 0.3 is 25.8 Å². The Bertz CT molecular complexity index is 1610. The first kappa shape index (κ1) is 32.2. The molecule has 0 fully saturated rings. The molecule has 4 aromatic carbocycles. The van der Waals surface area contributed by atoms with Crippen LogP contribution in [0.1, 0.15) is 38.8 Å². The molecule has 0 spiro atoms. The van der Waals surface area contributed by atoms with Crippen LogP contribution in [0.2, 0.25) is 0 Å². The molecule has 8 rings (SSSR count). The number of allylic oxidation sites excluding steroid dienone is 4. The fourth-order valence-electron chi connectivity index (χ4n) is 6.51. The van der Waals surface area contributed by atoms with E-state index < -0.39 is 0 Å². The van der Waals surface area contributed by atoms with Crippen molar-refractivity contribution in [2.75, 3.05) is 9.80 Å². The van der Waals surface area contributed by atoms with Gasteiger partial charge in [-0.05, 0) is 35.6 Å². The van der Waals surface area contributed by atoms with Gasteiger partial charge in [-0.1, -0.05) is 112 Å². The molecule has 2 aliphatic carbocycles. The van der Waals surface area contributed by atoms with Crippen LogP contribution in [0, 0.1) is 27.0 Å². The topological polar surface area (TPSA) is 6.48 Å². The van der Waals surface area contributed by atoms with E-state index in [1.807, 2.05) is 0 Å². The van der Waals surface area contributed by atoms with Gasteiger partial charge < -0.3 is 24.7 Å². The second kappa shape index (κ2) is 12.9. The van der Waals surface area contributed by atoms with Crippen molar-refractivity contribution in [2.24, 2.45) is 0 Å². The zero-order valence-electron chi connectivity index (χ0n) is 25.9. The maximum absolute atomic E-state index is 3.58. The summed E-state index contributed by atoms with van der Waals surface area (Å²) >= 11 is 0. The van der Waals surface area contributed by atoms with E-state index in [0.29, 0.717) is 12.1 Å². The van der Waals surface area contributed by atoms with Crippen LogP contribution in [-0.4, -0.2) is 12.1 Å². The van der Waals surface area contributed by atoms with Gasteiger partial charge in [-0.15, -0.1) is 34.4 Å². The minimum atomic E-state index is 0. The van der Waals surface area contributed by atoms with Crippen LogP contribution in [-0.2, 0) is 25.8 Å². The fourth-order valence-corrected chi connectivity index (χ4v) is 6.51. The van der Waals surface area contributed by atoms with Crippen molar-refractivity contribution < 1.29 is 25.8 Å². The van der Waals surface area contributed by atoms with E-state index >= 15 is 0 Å². The van der Waals surface area contributed by atoms with E-state index in [-0.39, 0.29) is 40.7 Å². The third kappa shape index (κ3) is 5.23. The quantitative estimate of drug-likeness (QED) is 0.150. The maximum atomic E-state index is 3.58. The summed E-state index contributed by atoms with van der Waals surface area (Å²) in [6.07, 6.45) is 7.15. The van der Waals surface area contributed by atoms with Crippen molar-refractivity contribution in [3.8, 4) is 0 Å². The van der Waals surface area contributed by atoms with Gasteiger partial charge in [-0.2, -0.15) is 23.3 Å². The Morgan fingerprint density at radius 1 is 0.465 bits per heavy atom. The summed E-state index contributed by atoms with van der Waals surface area (Å²) in [5.41, 5.74) is 15.7. The zero-order chi connectivity index (χ0) is 27.4. The Hall–Kier alpha value is -3.69. The largest absolute Gasteiger partial charge is 4.00 e. The number of rotatable bonds is 2. The van der Waals surface area contributed by atoms with E-state index in [1.165, 1.54) is 67.3 Å². The van der Waals surface area contributed by atoms with E-state index in [1.54, 1.807) is 0 Å². The zero-order valence-corrected chi connectivity index (χ0v) is 29.5. The summed E-state index contributed by atoms with van der Waals surface area (Å²) in [4.78, 5) is 4.87. The van der Waals surface area contributed by atoms with Gasteiger partial charge in [0, 0.05) is 23.5 Å². The van der Waals surface area contributed by atoms with Crippen LogP contribution in [0.15, 0.2) is 131 Å². The molecule has 0 bridgehead atoms. The number of hydrogen-bond donors (Lipinski definition) is 0. The second-order valence-electron chi connectivity index (χ2n) is 10.9. The minimum absolute atomic E-state index is 0. The van der Waals surface area contributed by atoms with Crippen molar-refractivity contribution in [3.05, 3.63) is 170 Å². The maximum Gasteiger partial charge on any atom is 4.00 e. The molecule has 3 heteroatoms. The van der Waals surface area contributed by atoms with Crippen LogP contribution in [0.25, 0.3) is 11.1 Å². The van der Waals surface area contributed by atoms with Gasteiger partial charge in [-0.3, -0.25) is 0 Å². The summed E-state index contributed by atoms with van der Waals surface area (Å²) in [6.45, 7) is 8.77. The normalized spacial score (nSPS) is 18.6. The van der Waals surface area contributed by atoms with E-state index in [2.05, 4.69) is 159 Å².